The number of phenols is 1. The number of fused-ring (bicyclic) bond motifs is 3. The number of hydrogen-bond donors (Lipinski definition) is 1. The van der Waals surface area contributed by atoms with Gasteiger partial charge in [-0.05, 0) is 74.5 Å². The van der Waals surface area contributed by atoms with Crippen LogP contribution in [0.1, 0.15) is 70.3 Å². The standard InChI is InChI=1S/C24H32O2/c1-3-8-18-19-11-4-5-12-20(19)22-14-7-13-21(18)23(22)24(26-2)16-9-6-10-17(25)15-16/h6,9-10,15,18,21-22,25H,3-5,7-8,11-14H2,1-2H3/b24-23+. The molecule has 0 amide bonds. The second-order valence-electron chi connectivity index (χ2n) is 8.28. The Balaban J connectivity index is 1.88. The fourth-order valence-electron chi connectivity index (χ4n) is 5.97. The lowest BCUT2D eigenvalue weighted by molar-refractivity contribution is 0.248. The number of benzene rings is 1. The first kappa shape index (κ1) is 17.7. The highest BCUT2D eigenvalue weighted by atomic mass is 16.5. The molecular formula is C24H32O2. The third-order valence-electron chi connectivity index (χ3n) is 6.87. The molecule has 1 fully saturated rings. The van der Waals surface area contributed by atoms with E-state index in [2.05, 4.69) is 13.0 Å². The summed E-state index contributed by atoms with van der Waals surface area (Å²) in [5.74, 6) is 3.27. The van der Waals surface area contributed by atoms with Gasteiger partial charge < -0.3 is 9.84 Å². The lowest BCUT2D eigenvalue weighted by Gasteiger charge is -2.48. The Morgan fingerprint density at radius 1 is 1.12 bits per heavy atom. The third-order valence-corrected chi connectivity index (χ3v) is 6.87. The number of rotatable bonds is 4. The van der Waals surface area contributed by atoms with Crippen molar-refractivity contribution >= 4 is 5.76 Å². The van der Waals surface area contributed by atoms with Gasteiger partial charge >= 0.3 is 0 Å². The van der Waals surface area contributed by atoms with E-state index in [9.17, 15) is 5.11 Å². The van der Waals surface area contributed by atoms with Crippen molar-refractivity contribution in [3.63, 3.8) is 0 Å². The molecule has 0 spiro atoms. The van der Waals surface area contributed by atoms with Gasteiger partial charge in [-0.25, -0.2) is 0 Å². The van der Waals surface area contributed by atoms with Crippen LogP contribution in [-0.4, -0.2) is 12.2 Å². The van der Waals surface area contributed by atoms with Crippen LogP contribution < -0.4 is 0 Å². The Hall–Kier alpha value is -1.70. The van der Waals surface area contributed by atoms with Crippen LogP contribution in [0.4, 0.5) is 0 Å². The lowest BCUT2D eigenvalue weighted by atomic mass is 9.57. The zero-order valence-corrected chi connectivity index (χ0v) is 16.3. The van der Waals surface area contributed by atoms with Crippen molar-refractivity contribution in [2.24, 2.45) is 17.8 Å². The number of hydrogen-bond acceptors (Lipinski definition) is 2. The van der Waals surface area contributed by atoms with E-state index in [0.717, 1.165) is 11.3 Å². The van der Waals surface area contributed by atoms with Crippen LogP contribution in [0.15, 0.2) is 41.0 Å². The average molecular weight is 353 g/mol. The molecule has 0 saturated heterocycles. The molecule has 0 aliphatic heterocycles. The minimum Gasteiger partial charge on any atom is -0.508 e. The van der Waals surface area contributed by atoms with E-state index in [1.807, 2.05) is 24.8 Å². The quantitative estimate of drug-likeness (QED) is 0.497. The van der Waals surface area contributed by atoms with Gasteiger partial charge in [0.15, 0.2) is 0 Å². The van der Waals surface area contributed by atoms with Crippen LogP contribution in [0, 0.1) is 17.8 Å². The summed E-state index contributed by atoms with van der Waals surface area (Å²) in [7, 11) is 1.81. The summed E-state index contributed by atoms with van der Waals surface area (Å²) in [6, 6.07) is 7.62. The van der Waals surface area contributed by atoms with Gasteiger partial charge in [0.05, 0.1) is 7.11 Å². The second kappa shape index (κ2) is 7.50. The minimum atomic E-state index is 0.321. The first-order valence-electron chi connectivity index (χ1n) is 10.5. The van der Waals surface area contributed by atoms with Crippen molar-refractivity contribution < 1.29 is 9.84 Å². The molecule has 3 aliphatic rings. The molecule has 140 valence electrons. The Kier molecular flexibility index (Phi) is 5.11. The van der Waals surface area contributed by atoms with Gasteiger partial charge in [-0.2, -0.15) is 0 Å². The lowest BCUT2D eigenvalue weighted by Crippen LogP contribution is -2.36. The smallest absolute Gasteiger partial charge is 0.126 e. The normalized spacial score (nSPS) is 30.0. The zero-order chi connectivity index (χ0) is 18.1. The predicted octanol–water partition coefficient (Wildman–Crippen LogP) is 6.47. The SMILES string of the molecule is CCCC1C2=C(CCCC2)C2CCCC1/C2=C(\OC)c1cccc(O)c1. The molecule has 1 saturated carbocycles. The maximum atomic E-state index is 9.99. The van der Waals surface area contributed by atoms with Gasteiger partial charge in [0.2, 0.25) is 0 Å². The highest BCUT2D eigenvalue weighted by Crippen LogP contribution is 2.56. The van der Waals surface area contributed by atoms with Crippen LogP contribution in [0.2, 0.25) is 0 Å². The molecule has 1 aromatic rings. The largest absolute Gasteiger partial charge is 0.508 e. The molecule has 1 N–H and O–H groups in total. The summed E-state index contributed by atoms with van der Waals surface area (Å²) in [5, 5.41) is 9.99. The zero-order valence-electron chi connectivity index (χ0n) is 16.3. The monoisotopic (exact) mass is 352 g/mol. The maximum absolute atomic E-state index is 9.99. The second-order valence-corrected chi connectivity index (χ2v) is 8.28. The van der Waals surface area contributed by atoms with Crippen LogP contribution in [0.5, 0.6) is 5.75 Å². The van der Waals surface area contributed by atoms with Crippen LogP contribution >= 0.6 is 0 Å². The van der Waals surface area contributed by atoms with E-state index < -0.39 is 0 Å². The Morgan fingerprint density at radius 3 is 2.65 bits per heavy atom. The number of aromatic hydroxyl groups is 1. The molecule has 2 bridgehead atoms. The van der Waals surface area contributed by atoms with Gasteiger partial charge in [0.1, 0.15) is 11.5 Å². The number of allylic oxidation sites excluding steroid dienone is 3. The predicted molar refractivity (Wildman–Crippen MR) is 107 cm³/mol. The van der Waals surface area contributed by atoms with Crippen LogP contribution in [0.3, 0.4) is 0 Å². The first-order chi connectivity index (χ1) is 12.7. The number of ether oxygens (including phenoxy) is 1. The highest BCUT2D eigenvalue weighted by molar-refractivity contribution is 5.67. The fourth-order valence-corrected chi connectivity index (χ4v) is 5.97. The molecule has 2 nitrogen and oxygen atoms in total. The summed E-state index contributed by atoms with van der Waals surface area (Å²) in [4.78, 5) is 0. The Labute approximate surface area is 158 Å². The number of methoxy groups -OCH3 is 1. The molecule has 0 heterocycles. The van der Waals surface area contributed by atoms with E-state index in [1.54, 1.807) is 17.2 Å². The third kappa shape index (κ3) is 2.98. The molecular weight excluding hydrogens is 320 g/mol. The van der Waals surface area contributed by atoms with Gasteiger partial charge in [-0.15, -0.1) is 0 Å². The van der Waals surface area contributed by atoms with Crippen LogP contribution in [-0.2, 0) is 4.74 Å². The number of phenolic OH excluding ortho intramolecular Hbond substituents is 1. The molecule has 26 heavy (non-hydrogen) atoms. The van der Waals surface area contributed by atoms with Crippen molar-refractivity contribution in [2.75, 3.05) is 7.11 Å². The highest BCUT2D eigenvalue weighted by Gasteiger charge is 2.44. The Bertz CT molecular complexity index is 727. The summed E-state index contributed by atoms with van der Waals surface area (Å²) in [6.07, 6.45) is 11.8. The van der Waals surface area contributed by atoms with E-state index >= 15 is 0 Å². The summed E-state index contributed by atoms with van der Waals surface area (Å²) < 4.78 is 6.02. The molecule has 3 aliphatic carbocycles. The van der Waals surface area contributed by atoms with Gasteiger partial charge in [-0.1, -0.05) is 43.0 Å². The van der Waals surface area contributed by atoms with Crippen molar-refractivity contribution in [1.29, 1.82) is 0 Å². The Morgan fingerprint density at radius 2 is 1.92 bits per heavy atom. The topological polar surface area (TPSA) is 29.5 Å². The summed E-state index contributed by atoms with van der Waals surface area (Å²) in [6.45, 7) is 2.33. The average Bonchev–Trinajstić information content (AvgIpc) is 2.66. The molecule has 2 heteroatoms. The van der Waals surface area contributed by atoms with E-state index in [4.69, 9.17) is 4.74 Å². The molecule has 3 atom stereocenters. The fraction of sp³-hybridized carbons (Fsp3) is 0.583. The van der Waals surface area contributed by atoms with Gasteiger partial charge in [0, 0.05) is 11.5 Å². The summed E-state index contributed by atoms with van der Waals surface area (Å²) in [5.41, 5.74) is 6.16. The van der Waals surface area contributed by atoms with Gasteiger partial charge in [0.25, 0.3) is 0 Å². The summed E-state index contributed by atoms with van der Waals surface area (Å²) >= 11 is 0. The van der Waals surface area contributed by atoms with E-state index in [-0.39, 0.29) is 0 Å². The van der Waals surface area contributed by atoms with Gasteiger partial charge in [-0.3, -0.25) is 0 Å². The first-order valence-corrected chi connectivity index (χ1v) is 10.5. The molecule has 1 aromatic carbocycles. The molecule has 3 unspecified atom stereocenters. The molecule has 0 aromatic heterocycles. The van der Waals surface area contributed by atoms with E-state index in [0.29, 0.717) is 23.5 Å². The van der Waals surface area contributed by atoms with Crippen molar-refractivity contribution in [3.8, 4) is 5.75 Å². The maximum Gasteiger partial charge on any atom is 0.126 e. The minimum absolute atomic E-state index is 0.321. The van der Waals surface area contributed by atoms with Crippen LogP contribution in [0.25, 0.3) is 5.76 Å². The molecule has 4 rings (SSSR count). The van der Waals surface area contributed by atoms with Crippen molar-refractivity contribution in [1.82, 2.24) is 0 Å². The van der Waals surface area contributed by atoms with Crippen molar-refractivity contribution in [2.45, 2.75) is 64.7 Å². The van der Waals surface area contributed by atoms with Crippen molar-refractivity contribution in [3.05, 3.63) is 46.5 Å². The molecule has 0 radical (unpaired) electrons. The van der Waals surface area contributed by atoms with E-state index in [1.165, 1.54) is 57.8 Å².